The van der Waals surface area contributed by atoms with E-state index < -0.39 is 0 Å². The number of methoxy groups -OCH3 is 1. The Morgan fingerprint density at radius 1 is 1.27 bits per heavy atom. The van der Waals surface area contributed by atoms with Gasteiger partial charge in [-0.25, -0.2) is 9.07 Å². The third kappa shape index (κ3) is 4.68. The smallest absolute Gasteiger partial charge is 0.228 e. The molecule has 1 N–H and O–H groups in total. The molecule has 1 fully saturated rings. The molecular weight excluding hydrogens is 383 g/mol. The van der Waals surface area contributed by atoms with Gasteiger partial charge in [-0.05, 0) is 49.7 Å². The number of anilines is 1. The number of ether oxygens (including phenoxy) is 1. The van der Waals surface area contributed by atoms with Crippen molar-refractivity contribution in [3.8, 4) is 11.4 Å². The average Bonchev–Trinajstić information content (AvgIpc) is 3.30. The fourth-order valence-electron chi connectivity index (χ4n) is 3.83. The Hall–Kier alpha value is -3.19. The van der Waals surface area contributed by atoms with Gasteiger partial charge in [0.25, 0.3) is 0 Å². The number of halogens is 1. The maximum absolute atomic E-state index is 14.3. The lowest BCUT2D eigenvalue weighted by molar-refractivity contribution is -0.121. The van der Waals surface area contributed by atoms with E-state index in [0.29, 0.717) is 24.4 Å². The van der Waals surface area contributed by atoms with Gasteiger partial charge in [0.2, 0.25) is 5.91 Å². The van der Waals surface area contributed by atoms with Crippen LogP contribution in [0.25, 0.3) is 5.69 Å². The summed E-state index contributed by atoms with van der Waals surface area (Å²) in [7, 11) is 1.52. The molecule has 30 heavy (non-hydrogen) atoms. The number of aromatic nitrogens is 2. The number of nitrogens with one attached hydrogen (secondary N) is 1. The van der Waals surface area contributed by atoms with E-state index in [1.165, 1.54) is 13.2 Å². The van der Waals surface area contributed by atoms with Gasteiger partial charge in [0.15, 0.2) is 0 Å². The van der Waals surface area contributed by atoms with Crippen LogP contribution < -0.4 is 10.1 Å². The van der Waals surface area contributed by atoms with Crippen LogP contribution in [0, 0.1) is 11.7 Å². The molecule has 6 nitrogen and oxygen atoms in total. The standard InChI is InChI=1S/C23H25FN4O2/c1-30-21-9-8-17(22(24)14-21)15-27-11-3-5-18(16-27)23(29)26-19-6-2-7-20(13-19)28-12-4-10-25-28/h2,4,6-10,12-14,18H,3,5,11,15-16H2,1H3,(H,26,29). The van der Waals surface area contributed by atoms with E-state index >= 15 is 0 Å². The summed E-state index contributed by atoms with van der Waals surface area (Å²) in [5, 5.41) is 7.25. The molecule has 4 rings (SSSR count). The summed E-state index contributed by atoms with van der Waals surface area (Å²) in [4.78, 5) is 15.0. The van der Waals surface area contributed by atoms with Crippen LogP contribution in [0.3, 0.4) is 0 Å². The molecule has 2 heterocycles. The number of benzene rings is 2. The Bertz CT molecular complexity index is 1010. The van der Waals surface area contributed by atoms with Gasteiger partial charge in [0.05, 0.1) is 18.7 Å². The van der Waals surface area contributed by atoms with Crippen LogP contribution in [0.2, 0.25) is 0 Å². The van der Waals surface area contributed by atoms with Gasteiger partial charge in [-0.2, -0.15) is 5.10 Å². The summed E-state index contributed by atoms with van der Waals surface area (Å²) in [5.74, 6) is 0.0850. The monoisotopic (exact) mass is 408 g/mol. The summed E-state index contributed by atoms with van der Waals surface area (Å²) in [5.41, 5.74) is 2.24. The maximum Gasteiger partial charge on any atom is 0.228 e. The van der Waals surface area contributed by atoms with Crippen molar-refractivity contribution in [3.63, 3.8) is 0 Å². The lowest BCUT2D eigenvalue weighted by Crippen LogP contribution is -2.40. The molecule has 0 saturated carbocycles. The molecule has 1 aliphatic rings. The summed E-state index contributed by atoms with van der Waals surface area (Å²) < 4.78 is 21.1. The van der Waals surface area contributed by atoms with Gasteiger partial charge in [-0.3, -0.25) is 9.69 Å². The molecule has 1 saturated heterocycles. The minimum atomic E-state index is -0.281. The highest BCUT2D eigenvalue weighted by Gasteiger charge is 2.26. The molecule has 1 unspecified atom stereocenters. The summed E-state index contributed by atoms with van der Waals surface area (Å²) in [6.07, 6.45) is 5.31. The molecule has 3 aromatic rings. The molecular formula is C23H25FN4O2. The molecule has 1 aromatic heterocycles. The first-order valence-corrected chi connectivity index (χ1v) is 10.1. The molecule has 0 aliphatic carbocycles. The number of carbonyl (C=O) groups is 1. The van der Waals surface area contributed by atoms with Crippen molar-refractivity contribution in [2.75, 3.05) is 25.5 Å². The molecule has 1 atom stereocenters. The second-order valence-electron chi connectivity index (χ2n) is 7.52. The fraction of sp³-hybridized carbons (Fsp3) is 0.304. The van der Waals surface area contributed by atoms with Gasteiger partial charge in [-0.1, -0.05) is 12.1 Å². The van der Waals surface area contributed by atoms with Crippen molar-refractivity contribution in [3.05, 3.63) is 72.3 Å². The van der Waals surface area contributed by atoms with Crippen molar-refractivity contribution in [1.29, 1.82) is 0 Å². The fourth-order valence-corrected chi connectivity index (χ4v) is 3.83. The van der Waals surface area contributed by atoms with Crippen LogP contribution in [0.15, 0.2) is 60.9 Å². The number of piperidine rings is 1. The van der Waals surface area contributed by atoms with Gasteiger partial charge < -0.3 is 10.1 Å². The topological polar surface area (TPSA) is 59.4 Å². The van der Waals surface area contributed by atoms with Crippen LogP contribution in [0.5, 0.6) is 5.75 Å². The van der Waals surface area contributed by atoms with E-state index in [0.717, 1.165) is 30.8 Å². The summed E-state index contributed by atoms with van der Waals surface area (Å²) in [6, 6.07) is 14.4. The van der Waals surface area contributed by atoms with Crippen molar-refractivity contribution >= 4 is 11.6 Å². The predicted octanol–water partition coefficient (Wildman–Crippen LogP) is 3.87. The summed E-state index contributed by atoms with van der Waals surface area (Å²) in [6.45, 7) is 1.94. The second kappa shape index (κ2) is 9.09. The third-order valence-electron chi connectivity index (χ3n) is 5.41. The first-order valence-electron chi connectivity index (χ1n) is 10.1. The zero-order valence-electron chi connectivity index (χ0n) is 16.9. The van der Waals surface area contributed by atoms with E-state index in [9.17, 15) is 9.18 Å². The van der Waals surface area contributed by atoms with E-state index in [2.05, 4.69) is 15.3 Å². The zero-order chi connectivity index (χ0) is 20.9. The number of hydrogen-bond acceptors (Lipinski definition) is 4. The predicted molar refractivity (Wildman–Crippen MR) is 113 cm³/mol. The van der Waals surface area contributed by atoms with E-state index in [4.69, 9.17) is 4.74 Å². The van der Waals surface area contributed by atoms with Gasteiger partial charge in [-0.15, -0.1) is 0 Å². The number of likely N-dealkylation sites (tertiary alicyclic amines) is 1. The molecule has 0 radical (unpaired) electrons. The highest BCUT2D eigenvalue weighted by molar-refractivity contribution is 5.93. The van der Waals surface area contributed by atoms with Crippen LogP contribution in [0.1, 0.15) is 18.4 Å². The highest BCUT2D eigenvalue weighted by atomic mass is 19.1. The van der Waals surface area contributed by atoms with Crippen molar-refractivity contribution in [2.24, 2.45) is 5.92 Å². The average molecular weight is 408 g/mol. The largest absolute Gasteiger partial charge is 0.497 e. The number of rotatable bonds is 6. The molecule has 156 valence electrons. The Morgan fingerprint density at radius 2 is 2.17 bits per heavy atom. The zero-order valence-corrected chi connectivity index (χ0v) is 16.9. The Balaban J connectivity index is 1.38. The van der Waals surface area contributed by atoms with Gasteiger partial charge in [0, 0.05) is 42.8 Å². The normalized spacial score (nSPS) is 16.9. The minimum absolute atomic E-state index is 0.00693. The highest BCUT2D eigenvalue weighted by Crippen LogP contribution is 2.23. The molecule has 0 bridgehead atoms. The molecule has 0 spiro atoms. The van der Waals surface area contributed by atoms with Crippen LogP contribution in [-0.2, 0) is 11.3 Å². The first kappa shape index (κ1) is 20.1. The van der Waals surface area contributed by atoms with Gasteiger partial charge in [0.1, 0.15) is 11.6 Å². The number of carbonyl (C=O) groups excluding carboxylic acids is 1. The van der Waals surface area contributed by atoms with Crippen molar-refractivity contribution in [1.82, 2.24) is 14.7 Å². The Morgan fingerprint density at radius 3 is 2.93 bits per heavy atom. The number of hydrogen-bond donors (Lipinski definition) is 1. The SMILES string of the molecule is COc1ccc(CN2CCCC(C(=O)Nc3cccc(-n4cccn4)c3)C2)c(F)c1. The number of nitrogens with zero attached hydrogens (tertiary/aromatic N) is 3. The van der Waals surface area contributed by atoms with E-state index in [-0.39, 0.29) is 17.6 Å². The lowest BCUT2D eigenvalue weighted by atomic mass is 9.96. The molecule has 1 amide bonds. The third-order valence-corrected chi connectivity index (χ3v) is 5.41. The Kier molecular flexibility index (Phi) is 6.09. The van der Waals surface area contributed by atoms with E-state index in [1.54, 1.807) is 23.0 Å². The minimum Gasteiger partial charge on any atom is -0.497 e. The van der Waals surface area contributed by atoms with Crippen LogP contribution in [0.4, 0.5) is 10.1 Å². The van der Waals surface area contributed by atoms with Crippen molar-refractivity contribution < 1.29 is 13.9 Å². The molecule has 1 aliphatic heterocycles. The molecule has 7 heteroatoms. The Labute approximate surface area is 175 Å². The first-order chi connectivity index (χ1) is 14.6. The maximum atomic E-state index is 14.3. The van der Waals surface area contributed by atoms with Crippen LogP contribution >= 0.6 is 0 Å². The quantitative estimate of drug-likeness (QED) is 0.673. The van der Waals surface area contributed by atoms with Crippen molar-refractivity contribution in [2.45, 2.75) is 19.4 Å². The lowest BCUT2D eigenvalue weighted by Gasteiger charge is -2.32. The summed E-state index contributed by atoms with van der Waals surface area (Å²) >= 11 is 0. The van der Waals surface area contributed by atoms with E-state index in [1.807, 2.05) is 36.5 Å². The number of amides is 1. The second-order valence-corrected chi connectivity index (χ2v) is 7.52. The molecule has 2 aromatic carbocycles. The van der Waals surface area contributed by atoms with Gasteiger partial charge >= 0.3 is 0 Å². The van der Waals surface area contributed by atoms with Crippen LogP contribution in [-0.4, -0.2) is 40.8 Å².